The zero-order valence-electron chi connectivity index (χ0n) is 15.0. The van der Waals surface area contributed by atoms with Gasteiger partial charge in [0.1, 0.15) is 6.10 Å². The number of epoxide rings is 1. The highest BCUT2D eigenvalue weighted by molar-refractivity contribution is 5.91. The summed E-state index contributed by atoms with van der Waals surface area (Å²) in [6.07, 6.45) is 10.5. The summed E-state index contributed by atoms with van der Waals surface area (Å²) in [5, 5.41) is 11.4. The van der Waals surface area contributed by atoms with E-state index in [-0.39, 0.29) is 16.9 Å². The van der Waals surface area contributed by atoms with Gasteiger partial charge in [0.2, 0.25) is 0 Å². The lowest BCUT2D eigenvalue weighted by Crippen LogP contribution is -2.56. The molecule has 4 aliphatic carbocycles. The molecule has 7 atom stereocenters. The Balaban J connectivity index is 1.49. The molecule has 0 radical (unpaired) electrons. The van der Waals surface area contributed by atoms with Crippen LogP contribution in [-0.4, -0.2) is 29.2 Å². The van der Waals surface area contributed by atoms with Crippen LogP contribution in [0.2, 0.25) is 0 Å². The zero-order chi connectivity index (χ0) is 16.7. The number of ether oxygens (including phenoxy) is 1. The van der Waals surface area contributed by atoms with Gasteiger partial charge in [-0.05, 0) is 74.2 Å². The SMILES string of the molecule is C[C@]12CCC(=O)C=C1CC[C@@H]1[C@@H]2CC[C@@]2(C)[C@H]1CC[C@]2(O)C1CO1. The molecule has 5 aliphatic rings. The fourth-order valence-electron chi connectivity index (χ4n) is 7.46. The van der Waals surface area contributed by atoms with Crippen LogP contribution in [0.5, 0.6) is 0 Å². The third-order valence-electron chi connectivity index (χ3n) is 9.04. The van der Waals surface area contributed by atoms with Gasteiger partial charge in [0, 0.05) is 11.8 Å². The Morgan fingerprint density at radius 1 is 1.08 bits per heavy atom. The average Bonchev–Trinajstić information content (AvgIpc) is 3.36. The highest BCUT2D eigenvalue weighted by atomic mass is 16.6. The molecule has 1 unspecified atom stereocenters. The highest BCUT2D eigenvalue weighted by Gasteiger charge is 2.68. The summed E-state index contributed by atoms with van der Waals surface area (Å²) in [5.41, 5.74) is 1.09. The minimum atomic E-state index is -0.595. The van der Waals surface area contributed by atoms with Gasteiger partial charge in [-0.15, -0.1) is 0 Å². The summed E-state index contributed by atoms with van der Waals surface area (Å²) in [6, 6.07) is 0. The second kappa shape index (κ2) is 4.73. The Labute approximate surface area is 144 Å². The molecule has 0 bridgehead atoms. The molecule has 0 aromatic rings. The number of rotatable bonds is 1. The fourth-order valence-corrected chi connectivity index (χ4v) is 7.46. The minimum absolute atomic E-state index is 0.0252. The molecule has 0 amide bonds. The van der Waals surface area contributed by atoms with Crippen LogP contribution >= 0.6 is 0 Å². The number of hydrogen-bond acceptors (Lipinski definition) is 3. The molecule has 4 fully saturated rings. The van der Waals surface area contributed by atoms with E-state index in [1.807, 2.05) is 6.08 Å². The number of carbonyl (C=O) groups excluding carboxylic acids is 1. The monoisotopic (exact) mass is 330 g/mol. The van der Waals surface area contributed by atoms with Crippen LogP contribution in [0.4, 0.5) is 0 Å². The first-order valence-electron chi connectivity index (χ1n) is 9.96. The maximum Gasteiger partial charge on any atom is 0.155 e. The molecule has 132 valence electrons. The third-order valence-corrected chi connectivity index (χ3v) is 9.04. The van der Waals surface area contributed by atoms with Gasteiger partial charge < -0.3 is 9.84 Å². The van der Waals surface area contributed by atoms with Gasteiger partial charge in [-0.25, -0.2) is 0 Å². The van der Waals surface area contributed by atoms with Crippen molar-refractivity contribution in [1.29, 1.82) is 0 Å². The van der Waals surface area contributed by atoms with Gasteiger partial charge >= 0.3 is 0 Å². The Morgan fingerprint density at radius 3 is 2.58 bits per heavy atom. The second-order valence-electron chi connectivity index (χ2n) is 9.71. The highest BCUT2D eigenvalue weighted by Crippen LogP contribution is 2.68. The lowest BCUT2D eigenvalue weighted by molar-refractivity contribution is -0.138. The summed E-state index contributed by atoms with van der Waals surface area (Å²) in [5.74, 6) is 2.38. The predicted molar refractivity (Wildman–Crippen MR) is 91.4 cm³/mol. The molecule has 24 heavy (non-hydrogen) atoms. The van der Waals surface area contributed by atoms with E-state index in [1.165, 1.54) is 18.4 Å². The van der Waals surface area contributed by atoms with Crippen molar-refractivity contribution in [2.75, 3.05) is 6.61 Å². The molecule has 0 aromatic carbocycles. The van der Waals surface area contributed by atoms with Crippen molar-refractivity contribution in [3.8, 4) is 0 Å². The van der Waals surface area contributed by atoms with Gasteiger partial charge in [0.15, 0.2) is 5.78 Å². The molecule has 3 heteroatoms. The van der Waals surface area contributed by atoms with Crippen molar-refractivity contribution in [3.63, 3.8) is 0 Å². The van der Waals surface area contributed by atoms with Crippen molar-refractivity contribution in [1.82, 2.24) is 0 Å². The van der Waals surface area contributed by atoms with Gasteiger partial charge in [0.05, 0.1) is 12.2 Å². The summed E-state index contributed by atoms with van der Waals surface area (Å²) >= 11 is 0. The van der Waals surface area contributed by atoms with Crippen molar-refractivity contribution in [2.45, 2.75) is 76.9 Å². The van der Waals surface area contributed by atoms with Crippen LogP contribution in [0.1, 0.15) is 65.2 Å². The van der Waals surface area contributed by atoms with Gasteiger partial charge in [0.25, 0.3) is 0 Å². The number of aliphatic hydroxyl groups is 1. The molecule has 0 spiro atoms. The molecule has 1 heterocycles. The Hall–Kier alpha value is -0.670. The van der Waals surface area contributed by atoms with Crippen LogP contribution < -0.4 is 0 Å². The van der Waals surface area contributed by atoms with E-state index in [9.17, 15) is 9.90 Å². The normalized spacial score (nSPS) is 56.1. The number of carbonyl (C=O) groups is 1. The first-order valence-corrected chi connectivity index (χ1v) is 9.96. The van der Waals surface area contributed by atoms with E-state index in [0.717, 1.165) is 45.1 Å². The van der Waals surface area contributed by atoms with E-state index < -0.39 is 5.60 Å². The predicted octanol–water partition coefficient (Wildman–Crippen LogP) is 3.65. The van der Waals surface area contributed by atoms with Crippen molar-refractivity contribution >= 4 is 5.78 Å². The van der Waals surface area contributed by atoms with Crippen LogP contribution in [0, 0.1) is 28.6 Å². The first kappa shape index (κ1) is 15.6. The summed E-state index contributed by atoms with van der Waals surface area (Å²) in [6.45, 7) is 5.52. The van der Waals surface area contributed by atoms with Crippen molar-refractivity contribution < 1.29 is 14.6 Å². The third kappa shape index (κ3) is 1.78. The molecular weight excluding hydrogens is 300 g/mol. The van der Waals surface area contributed by atoms with E-state index in [1.54, 1.807) is 0 Å². The second-order valence-corrected chi connectivity index (χ2v) is 9.71. The average molecular weight is 330 g/mol. The number of allylic oxidation sites excluding steroid dienone is 1. The maximum absolute atomic E-state index is 11.9. The van der Waals surface area contributed by atoms with E-state index >= 15 is 0 Å². The maximum atomic E-state index is 11.9. The van der Waals surface area contributed by atoms with Crippen molar-refractivity contribution in [2.24, 2.45) is 28.6 Å². The lowest BCUT2D eigenvalue weighted by atomic mass is 9.46. The zero-order valence-corrected chi connectivity index (χ0v) is 15.0. The lowest BCUT2D eigenvalue weighted by Gasteiger charge is -2.59. The minimum Gasteiger partial charge on any atom is -0.387 e. The standard InChI is InChI=1S/C21H30O3/c1-19-8-5-14(22)11-13(19)3-4-15-16(19)6-9-20(2)17(15)7-10-21(20,23)18-12-24-18/h11,15-18,23H,3-10,12H2,1-2H3/t15-,16+,17+,18?,19+,20+,21+/m1/s1. The number of ketones is 1. The molecule has 0 aromatic heterocycles. The summed E-state index contributed by atoms with van der Waals surface area (Å²) in [7, 11) is 0. The smallest absolute Gasteiger partial charge is 0.155 e. The van der Waals surface area contributed by atoms with Crippen LogP contribution in [0.25, 0.3) is 0 Å². The number of hydrogen-bond donors (Lipinski definition) is 1. The topological polar surface area (TPSA) is 49.8 Å². The van der Waals surface area contributed by atoms with Gasteiger partial charge in [-0.2, -0.15) is 0 Å². The van der Waals surface area contributed by atoms with E-state index in [2.05, 4.69) is 13.8 Å². The number of fused-ring (bicyclic) bond motifs is 5. The summed E-state index contributed by atoms with van der Waals surface area (Å²) < 4.78 is 5.57. The molecule has 3 nitrogen and oxygen atoms in total. The van der Waals surface area contributed by atoms with Gasteiger partial charge in [-0.1, -0.05) is 19.4 Å². The van der Waals surface area contributed by atoms with Crippen LogP contribution in [0.15, 0.2) is 11.6 Å². The van der Waals surface area contributed by atoms with Crippen LogP contribution in [0.3, 0.4) is 0 Å². The molecule has 1 saturated heterocycles. The Morgan fingerprint density at radius 2 is 1.83 bits per heavy atom. The molecule has 1 aliphatic heterocycles. The molecule has 3 saturated carbocycles. The van der Waals surface area contributed by atoms with E-state index in [0.29, 0.717) is 23.5 Å². The summed E-state index contributed by atoms with van der Waals surface area (Å²) in [4.78, 5) is 11.9. The molecule has 5 rings (SSSR count). The molecule has 1 N–H and O–H groups in total. The first-order chi connectivity index (χ1) is 11.4. The van der Waals surface area contributed by atoms with Crippen molar-refractivity contribution in [3.05, 3.63) is 11.6 Å². The van der Waals surface area contributed by atoms with E-state index in [4.69, 9.17) is 4.74 Å². The quantitative estimate of drug-likeness (QED) is 0.747. The Kier molecular flexibility index (Phi) is 3.07. The van der Waals surface area contributed by atoms with Gasteiger partial charge in [-0.3, -0.25) is 4.79 Å². The Bertz CT molecular complexity index is 621. The van der Waals surface area contributed by atoms with Crippen LogP contribution in [-0.2, 0) is 9.53 Å². The molecular formula is C21H30O3. The largest absolute Gasteiger partial charge is 0.387 e. The fraction of sp³-hybridized carbons (Fsp3) is 0.857.